The lowest BCUT2D eigenvalue weighted by Crippen LogP contribution is -2.48. The van der Waals surface area contributed by atoms with E-state index in [1.165, 1.54) is 0 Å². The first-order chi connectivity index (χ1) is 12.1. The number of piperazine rings is 1. The molecule has 0 aliphatic carbocycles. The molecule has 0 radical (unpaired) electrons. The molecule has 0 atom stereocenters. The minimum Gasteiger partial charge on any atom is -0.506 e. The van der Waals surface area contributed by atoms with Crippen molar-refractivity contribution in [3.05, 3.63) is 47.0 Å². The van der Waals surface area contributed by atoms with Crippen molar-refractivity contribution < 1.29 is 19.4 Å². The number of phenolic OH excluding ortho intramolecular Hbond substituents is 1. The Hall–Kier alpha value is -2.60. The van der Waals surface area contributed by atoms with Crippen LogP contribution in [0.25, 0.3) is 0 Å². The van der Waals surface area contributed by atoms with Gasteiger partial charge in [-0.15, -0.1) is 0 Å². The van der Waals surface area contributed by atoms with Gasteiger partial charge >= 0.3 is 0 Å². The Balaban J connectivity index is 1.47. The summed E-state index contributed by atoms with van der Waals surface area (Å²) in [6.45, 7) is 2.56. The second-order valence-corrected chi connectivity index (χ2v) is 6.37. The predicted molar refractivity (Wildman–Crippen MR) is 93.8 cm³/mol. The Morgan fingerprint density at radius 1 is 1.08 bits per heavy atom. The second kappa shape index (κ2) is 6.37. The molecule has 0 aromatic heterocycles. The fraction of sp³-hybridized carbons (Fsp3) is 0.278. The molecular formula is C18H17ClN2O4. The number of amides is 1. The summed E-state index contributed by atoms with van der Waals surface area (Å²) in [6.07, 6.45) is 0. The molecule has 4 rings (SSSR count). The van der Waals surface area contributed by atoms with Crippen molar-refractivity contribution in [2.45, 2.75) is 0 Å². The molecule has 6 nitrogen and oxygen atoms in total. The van der Waals surface area contributed by atoms with Crippen LogP contribution >= 0.6 is 11.6 Å². The maximum Gasteiger partial charge on any atom is 0.254 e. The number of carbonyl (C=O) groups excluding carboxylic acids is 1. The Labute approximate surface area is 150 Å². The van der Waals surface area contributed by atoms with Crippen molar-refractivity contribution in [1.82, 2.24) is 4.90 Å². The van der Waals surface area contributed by atoms with Crippen LogP contribution in [-0.4, -0.2) is 48.9 Å². The fourth-order valence-electron chi connectivity index (χ4n) is 3.16. The summed E-state index contributed by atoms with van der Waals surface area (Å²) in [6, 6.07) is 10.5. The highest BCUT2D eigenvalue weighted by atomic mass is 35.5. The first kappa shape index (κ1) is 15.9. The maximum atomic E-state index is 12.8. The molecule has 0 bridgehead atoms. The number of anilines is 1. The molecule has 1 amide bonds. The number of carbonyl (C=O) groups is 1. The minimum atomic E-state index is -0.0860. The van der Waals surface area contributed by atoms with Crippen LogP contribution in [-0.2, 0) is 0 Å². The van der Waals surface area contributed by atoms with Gasteiger partial charge in [-0.25, -0.2) is 0 Å². The fourth-order valence-corrected chi connectivity index (χ4v) is 3.42. The van der Waals surface area contributed by atoms with Crippen LogP contribution in [0.15, 0.2) is 36.4 Å². The van der Waals surface area contributed by atoms with E-state index in [1.807, 2.05) is 12.1 Å². The van der Waals surface area contributed by atoms with Crippen LogP contribution in [0.1, 0.15) is 10.4 Å². The molecule has 7 heteroatoms. The minimum absolute atomic E-state index is 0.0860. The molecule has 2 aromatic rings. The average Bonchev–Trinajstić information content (AvgIpc) is 3.11. The molecule has 2 aliphatic heterocycles. The van der Waals surface area contributed by atoms with Crippen molar-refractivity contribution in [1.29, 1.82) is 0 Å². The summed E-state index contributed by atoms with van der Waals surface area (Å²) in [5, 5.41) is 10.4. The van der Waals surface area contributed by atoms with E-state index in [0.29, 0.717) is 48.3 Å². The molecule has 0 saturated carbocycles. The Morgan fingerprint density at radius 2 is 1.84 bits per heavy atom. The molecule has 0 unspecified atom stereocenters. The number of para-hydroxylation sites is 2. The largest absolute Gasteiger partial charge is 0.506 e. The van der Waals surface area contributed by atoms with Gasteiger partial charge in [0.2, 0.25) is 6.79 Å². The highest BCUT2D eigenvalue weighted by Crippen LogP contribution is 2.40. The number of hydrogen-bond donors (Lipinski definition) is 1. The number of benzene rings is 2. The number of ether oxygens (including phenoxy) is 2. The summed E-state index contributed by atoms with van der Waals surface area (Å²) in [4.78, 5) is 16.6. The van der Waals surface area contributed by atoms with E-state index >= 15 is 0 Å². The third kappa shape index (κ3) is 2.93. The van der Waals surface area contributed by atoms with Crippen molar-refractivity contribution in [2.75, 3.05) is 37.9 Å². The molecule has 130 valence electrons. The molecule has 1 fully saturated rings. The predicted octanol–water partition coefficient (Wildman–Crippen LogP) is 2.74. The second-order valence-electron chi connectivity index (χ2n) is 5.96. The topological polar surface area (TPSA) is 62.2 Å². The number of phenols is 1. The van der Waals surface area contributed by atoms with Gasteiger partial charge in [-0.3, -0.25) is 4.79 Å². The van der Waals surface area contributed by atoms with E-state index in [4.69, 9.17) is 21.1 Å². The van der Waals surface area contributed by atoms with Gasteiger partial charge in [0.15, 0.2) is 11.5 Å². The van der Waals surface area contributed by atoms with Gasteiger partial charge in [-0.2, -0.15) is 0 Å². The third-order valence-electron chi connectivity index (χ3n) is 4.46. The molecule has 2 aromatic carbocycles. The van der Waals surface area contributed by atoms with Crippen molar-refractivity contribution in [3.8, 4) is 17.2 Å². The van der Waals surface area contributed by atoms with E-state index < -0.39 is 0 Å². The van der Waals surface area contributed by atoms with E-state index in [0.717, 1.165) is 5.69 Å². The first-order valence-electron chi connectivity index (χ1n) is 8.05. The molecule has 1 saturated heterocycles. The van der Waals surface area contributed by atoms with E-state index in [2.05, 4.69) is 4.90 Å². The number of hydrogen-bond acceptors (Lipinski definition) is 5. The zero-order valence-corrected chi connectivity index (χ0v) is 14.2. The van der Waals surface area contributed by atoms with Crippen LogP contribution in [0.3, 0.4) is 0 Å². The normalized spacial score (nSPS) is 16.2. The molecule has 2 aliphatic rings. The molecule has 1 N–H and O–H groups in total. The van der Waals surface area contributed by atoms with Crippen molar-refractivity contribution >= 4 is 23.2 Å². The lowest BCUT2D eigenvalue weighted by Gasteiger charge is -2.36. The molecule has 0 spiro atoms. The average molecular weight is 361 g/mol. The summed E-state index contributed by atoms with van der Waals surface area (Å²) >= 11 is 6.17. The van der Waals surface area contributed by atoms with Crippen LogP contribution < -0.4 is 14.4 Å². The number of rotatable bonds is 2. The van der Waals surface area contributed by atoms with Crippen LogP contribution in [0, 0.1) is 0 Å². The lowest BCUT2D eigenvalue weighted by atomic mass is 10.1. The molecule has 25 heavy (non-hydrogen) atoms. The van der Waals surface area contributed by atoms with Gasteiger partial charge in [-0.1, -0.05) is 23.7 Å². The number of nitrogens with zero attached hydrogens (tertiary/aromatic N) is 2. The van der Waals surface area contributed by atoms with Gasteiger partial charge in [0.05, 0.1) is 10.7 Å². The number of aromatic hydroxyl groups is 1. The third-order valence-corrected chi connectivity index (χ3v) is 4.74. The standard InChI is InChI=1S/C18H17ClN2O4/c19-13-9-12(10-16-17(13)25-11-24-16)18(23)21-7-5-20(6-8-21)14-3-1-2-4-15(14)22/h1-4,9-10,22H,5-8,11H2. The summed E-state index contributed by atoms with van der Waals surface area (Å²) < 4.78 is 10.6. The SMILES string of the molecule is O=C(c1cc(Cl)c2c(c1)OCO2)N1CCN(c2ccccc2O)CC1. The zero-order valence-electron chi connectivity index (χ0n) is 13.4. The monoisotopic (exact) mass is 360 g/mol. The van der Waals surface area contributed by atoms with Gasteiger partial charge in [0.25, 0.3) is 5.91 Å². The zero-order chi connectivity index (χ0) is 17.4. The Bertz CT molecular complexity index is 819. The summed E-state index contributed by atoms with van der Waals surface area (Å²) in [5.41, 5.74) is 1.28. The highest BCUT2D eigenvalue weighted by Gasteiger charge is 2.26. The van der Waals surface area contributed by atoms with E-state index in [9.17, 15) is 9.90 Å². The summed E-state index contributed by atoms with van der Waals surface area (Å²) in [5.74, 6) is 1.16. The first-order valence-corrected chi connectivity index (χ1v) is 8.42. The van der Waals surface area contributed by atoms with Crippen LogP contribution in [0.5, 0.6) is 17.2 Å². The van der Waals surface area contributed by atoms with Crippen LogP contribution in [0.2, 0.25) is 5.02 Å². The lowest BCUT2D eigenvalue weighted by molar-refractivity contribution is 0.0746. The maximum absolute atomic E-state index is 12.8. The summed E-state index contributed by atoms with van der Waals surface area (Å²) in [7, 11) is 0. The highest BCUT2D eigenvalue weighted by molar-refractivity contribution is 6.32. The quantitative estimate of drug-likeness (QED) is 0.892. The van der Waals surface area contributed by atoms with Gasteiger partial charge < -0.3 is 24.4 Å². The number of fused-ring (bicyclic) bond motifs is 1. The van der Waals surface area contributed by atoms with E-state index in [1.54, 1.807) is 29.2 Å². The Kier molecular flexibility index (Phi) is 4.05. The van der Waals surface area contributed by atoms with Crippen LogP contribution in [0.4, 0.5) is 5.69 Å². The van der Waals surface area contributed by atoms with Crippen molar-refractivity contribution in [2.24, 2.45) is 0 Å². The Morgan fingerprint density at radius 3 is 2.60 bits per heavy atom. The van der Waals surface area contributed by atoms with E-state index in [-0.39, 0.29) is 18.4 Å². The van der Waals surface area contributed by atoms with Gasteiger partial charge in [-0.05, 0) is 24.3 Å². The van der Waals surface area contributed by atoms with Gasteiger partial charge in [0.1, 0.15) is 5.75 Å². The number of halogens is 1. The van der Waals surface area contributed by atoms with Crippen molar-refractivity contribution in [3.63, 3.8) is 0 Å². The smallest absolute Gasteiger partial charge is 0.254 e. The van der Waals surface area contributed by atoms with Gasteiger partial charge in [0, 0.05) is 31.7 Å². The molecule has 2 heterocycles. The molecular weight excluding hydrogens is 344 g/mol.